The quantitative estimate of drug-likeness (QED) is 0.850. The molecular weight excluding hydrogens is 236 g/mol. The van der Waals surface area contributed by atoms with Gasteiger partial charge in [-0.05, 0) is 62.7 Å². The van der Waals surface area contributed by atoms with Gasteiger partial charge in [0.2, 0.25) is 5.91 Å². The van der Waals surface area contributed by atoms with Crippen LogP contribution in [0.4, 0.5) is 0 Å². The summed E-state index contributed by atoms with van der Waals surface area (Å²) in [5.74, 6) is 3.67. The third-order valence-corrected chi connectivity index (χ3v) is 6.15. The zero-order valence-electron chi connectivity index (χ0n) is 12.5. The Bertz CT molecular complexity index is 338. The van der Waals surface area contributed by atoms with Gasteiger partial charge in [0.25, 0.3) is 0 Å². The smallest absolute Gasteiger partial charge is 0.226 e. The van der Waals surface area contributed by atoms with E-state index in [0.717, 1.165) is 23.7 Å². The predicted octanol–water partition coefficient (Wildman–Crippen LogP) is 2.25. The molecule has 0 saturated heterocycles. The topological polar surface area (TPSA) is 46.3 Å². The molecule has 0 aromatic rings. The van der Waals surface area contributed by atoms with E-state index in [2.05, 4.69) is 4.90 Å². The Balaban J connectivity index is 1.73. The zero-order valence-corrected chi connectivity index (χ0v) is 12.5. The van der Waals surface area contributed by atoms with E-state index in [1.54, 1.807) is 0 Å². The van der Waals surface area contributed by atoms with Gasteiger partial charge in [-0.25, -0.2) is 0 Å². The van der Waals surface area contributed by atoms with Crippen molar-refractivity contribution in [3.05, 3.63) is 0 Å². The van der Waals surface area contributed by atoms with E-state index in [-0.39, 0.29) is 17.9 Å². The number of nitrogens with two attached hydrogens (primary N) is 1. The number of nitrogens with zero attached hydrogens (tertiary/aromatic N) is 1. The van der Waals surface area contributed by atoms with Crippen molar-refractivity contribution in [2.45, 2.75) is 58.0 Å². The summed E-state index contributed by atoms with van der Waals surface area (Å²) >= 11 is 0. The van der Waals surface area contributed by atoms with Crippen LogP contribution in [0.3, 0.4) is 0 Å². The number of carbonyl (C=O) groups is 1. The Morgan fingerprint density at radius 2 is 1.53 bits per heavy atom. The van der Waals surface area contributed by atoms with Crippen LogP contribution in [-0.4, -0.2) is 29.9 Å². The van der Waals surface area contributed by atoms with Gasteiger partial charge in [-0.15, -0.1) is 0 Å². The molecule has 2 N–H and O–H groups in total. The van der Waals surface area contributed by atoms with E-state index in [1.807, 2.05) is 20.9 Å². The van der Waals surface area contributed by atoms with Crippen molar-refractivity contribution in [2.24, 2.45) is 35.3 Å². The fourth-order valence-corrected chi connectivity index (χ4v) is 5.22. The molecule has 4 saturated carbocycles. The summed E-state index contributed by atoms with van der Waals surface area (Å²) in [7, 11) is 2.02. The predicted molar refractivity (Wildman–Crippen MR) is 76.4 cm³/mol. The molecule has 0 heterocycles. The molecule has 4 rings (SSSR count). The number of hydrogen-bond acceptors (Lipinski definition) is 2. The summed E-state index contributed by atoms with van der Waals surface area (Å²) in [5.41, 5.74) is 5.90. The van der Waals surface area contributed by atoms with Gasteiger partial charge < -0.3 is 10.6 Å². The van der Waals surface area contributed by atoms with Crippen molar-refractivity contribution >= 4 is 5.91 Å². The molecule has 108 valence electrons. The summed E-state index contributed by atoms with van der Waals surface area (Å²) in [4.78, 5) is 14.6. The summed E-state index contributed by atoms with van der Waals surface area (Å²) in [6.45, 7) is 3.91. The molecule has 0 aliphatic heterocycles. The first-order valence-corrected chi connectivity index (χ1v) is 7.99. The zero-order chi connectivity index (χ0) is 13.7. The minimum Gasteiger partial charge on any atom is -0.342 e. The number of carbonyl (C=O) groups excluding carboxylic acids is 1. The highest BCUT2D eigenvalue weighted by atomic mass is 16.2. The summed E-state index contributed by atoms with van der Waals surface area (Å²) < 4.78 is 0. The molecule has 3 heteroatoms. The van der Waals surface area contributed by atoms with Gasteiger partial charge in [-0.1, -0.05) is 6.92 Å². The van der Waals surface area contributed by atoms with E-state index in [1.165, 1.54) is 32.1 Å². The minimum atomic E-state index is -0.0535. The fourth-order valence-electron chi connectivity index (χ4n) is 5.22. The molecule has 1 amide bonds. The van der Waals surface area contributed by atoms with Gasteiger partial charge in [-0.3, -0.25) is 4.79 Å². The van der Waals surface area contributed by atoms with Crippen LogP contribution >= 0.6 is 0 Å². The molecule has 2 atom stereocenters. The molecule has 2 unspecified atom stereocenters. The van der Waals surface area contributed by atoms with E-state index in [4.69, 9.17) is 5.73 Å². The maximum atomic E-state index is 12.6. The standard InChI is InChI=1S/C16H28N2O/c1-9(10(2)17)16(19)18(3)15-13-5-11-4-12(7-13)8-14(15)6-11/h9-15H,4-8,17H2,1-3H3. The molecule has 4 fully saturated rings. The molecule has 4 bridgehead atoms. The molecule has 4 aliphatic rings. The molecule has 3 nitrogen and oxygen atoms in total. The van der Waals surface area contributed by atoms with E-state index >= 15 is 0 Å². The first-order chi connectivity index (χ1) is 8.97. The minimum absolute atomic E-state index is 0.0493. The van der Waals surface area contributed by atoms with E-state index in [0.29, 0.717) is 6.04 Å². The largest absolute Gasteiger partial charge is 0.342 e. The van der Waals surface area contributed by atoms with Crippen molar-refractivity contribution in [2.75, 3.05) is 7.05 Å². The summed E-state index contributed by atoms with van der Waals surface area (Å²) in [6.07, 6.45) is 6.92. The molecule has 19 heavy (non-hydrogen) atoms. The molecule has 4 aliphatic carbocycles. The summed E-state index contributed by atoms with van der Waals surface area (Å²) in [5, 5.41) is 0. The van der Waals surface area contributed by atoms with Gasteiger partial charge in [0.15, 0.2) is 0 Å². The molecule has 0 spiro atoms. The van der Waals surface area contributed by atoms with Crippen LogP contribution in [-0.2, 0) is 4.79 Å². The first kappa shape index (κ1) is 13.4. The monoisotopic (exact) mass is 264 g/mol. The van der Waals surface area contributed by atoms with Crippen molar-refractivity contribution < 1.29 is 4.79 Å². The molecule has 0 aromatic heterocycles. The lowest BCUT2D eigenvalue weighted by atomic mass is 9.54. The van der Waals surface area contributed by atoms with Crippen LogP contribution in [0.1, 0.15) is 46.0 Å². The molecule has 0 aromatic carbocycles. The second-order valence-corrected chi connectivity index (χ2v) is 7.52. The van der Waals surface area contributed by atoms with Crippen molar-refractivity contribution in [3.63, 3.8) is 0 Å². The molecule has 0 radical (unpaired) electrons. The van der Waals surface area contributed by atoms with Crippen molar-refractivity contribution in [1.29, 1.82) is 0 Å². The normalized spacial score (nSPS) is 43.1. The number of amides is 1. The first-order valence-electron chi connectivity index (χ1n) is 7.99. The SMILES string of the molecule is CC(N)C(C)C(=O)N(C)C1C2CC3CC(C2)CC1C3. The van der Waals surface area contributed by atoms with Crippen LogP contribution in [0.2, 0.25) is 0 Å². The Morgan fingerprint density at radius 1 is 1.05 bits per heavy atom. The van der Waals surface area contributed by atoms with Crippen LogP contribution in [0, 0.1) is 29.6 Å². The van der Waals surface area contributed by atoms with Crippen LogP contribution in [0.25, 0.3) is 0 Å². The lowest BCUT2D eigenvalue weighted by Gasteiger charge is -2.56. The highest BCUT2D eigenvalue weighted by Crippen LogP contribution is 2.55. The average molecular weight is 264 g/mol. The second kappa shape index (κ2) is 4.76. The van der Waals surface area contributed by atoms with Crippen LogP contribution < -0.4 is 5.73 Å². The number of hydrogen-bond donors (Lipinski definition) is 1. The van der Waals surface area contributed by atoms with Crippen LogP contribution in [0.5, 0.6) is 0 Å². The third kappa shape index (κ3) is 2.20. The Hall–Kier alpha value is -0.570. The Kier molecular flexibility index (Phi) is 3.36. The van der Waals surface area contributed by atoms with Gasteiger partial charge in [0.05, 0.1) is 5.92 Å². The van der Waals surface area contributed by atoms with E-state index in [9.17, 15) is 4.79 Å². The third-order valence-electron chi connectivity index (χ3n) is 6.15. The van der Waals surface area contributed by atoms with Gasteiger partial charge in [0, 0.05) is 19.1 Å². The lowest BCUT2D eigenvalue weighted by molar-refractivity contribution is -0.145. The Morgan fingerprint density at radius 3 is 1.95 bits per heavy atom. The van der Waals surface area contributed by atoms with E-state index < -0.39 is 0 Å². The lowest BCUT2D eigenvalue weighted by Crippen LogP contribution is -2.57. The van der Waals surface area contributed by atoms with Gasteiger partial charge in [0.1, 0.15) is 0 Å². The van der Waals surface area contributed by atoms with Gasteiger partial charge in [-0.2, -0.15) is 0 Å². The highest BCUT2D eigenvalue weighted by Gasteiger charge is 2.50. The van der Waals surface area contributed by atoms with Crippen LogP contribution in [0.15, 0.2) is 0 Å². The summed E-state index contributed by atoms with van der Waals surface area (Å²) in [6, 6.07) is 0.452. The Labute approximate surface area is 116 Å². The van der Waals surface area contributed by atoms with Crippen molar-refractivity contribution in [3.8, 4) is 0 Å². The average Bonchev–Trinajstić information content (AvgIpc) is 2.35. The highest BCUT2D eigenvalue weighted by molar-refractivity contribution is 5.79. The molecular formula is C16H28N2O. The van der Waals surface area contributed by atoms with Crippen molar-refractivity contribution in [1.82, 2.24) is 4.90 Å². The fraction of sp³-hybridized carbons (Fsp3) is 0.938. The maximum absolute atomic E-state index is 12.6. The maximum Gasteiger partial charge on any atom is 0.226 e. The second-order valence-electron chi connectivity index (χ2n) is 7.52. The number of rotatable bonds is 3. The van der Waals surface area contributed by atoms with Gasteiger partial charge >= 0.3 is 0 Å².